The van der Waals surface area contributed by atoms with Crippen molar-refractivity contribution in [1.29, 1.82) is 0 Å². The van der Waals surface area contributed by atoms with Crippen molar-refractivity contribution in [3.05, 3.63) is 29.6 Å². The lowest BCUT2D eigenvalue weighted by Gasteiger charge is -2.02. The van der Waals surface area contributed by atoms with Crippen molar-refractivity contribution >= 4 is 17.0 Å². The number of pyridine rings is 1. The molecule has 2 rings (SSSR count). The van der Waals surface area contributed by atoms with Crippen LogP contribution in [-0.4, -0.2) is 21.0 Å². The second-order valence-corrected chi connectivity index (χ2v) is 3.77. The highest BCUT2D eigenvalue weighted by Crippen LogP contribution is 2.25. The summed E-state index contributed by atoms with van der Waals surface area (Å²) in [7, 11) is 0. The summed E-state index contributed by atoms with van der Waals surface area (Å²) in [5.74, 6) is -0.783. The topological polar surface area (TPSA) is 66.0 Å². The van der Waals surface area contributed by atoms with Gasteiger partial charge in [-0.05, 0) is 18.1 Å². The van der Waals surface area contributed by atoms with Crippen LogP contribution in [-0.2, 0) is 0 Å². The van der Waals surface area contributed by atoms with Gasteiger partial charge in [-0.1, -0.05) is 13.8 Å². The van der Waals surface area contributed by atoms with E-state index < -0.39 is 5.97 Å². The van der Waals surface area contributed by atoms with E-state index in [1.54, 1.807) is 12.3 Å². The molecular weight excluding hydrogens is 192 g/mol. The number of aromatic carboxylic acids is 1. The van der Waals surface area contributed by atoms with Gasteiger partial charge < -0.3 is 10.1 Å². The zero-order valence-electron chi connectivity index (χ0n) is 8.61. The quantitative estimate of drug-likeness (QED) is 0.789. The first-order valence-electron chi connectivity index (χ1n) is 4.81. The van der Waals surface area contributed by atoms with Crippen molar-refractivity contribution in [3.8, 4) is 0 Å². The molecule has 2 heterocycles. The summed E-state index contributed by atoms with van der Waals surface area (Å²) in [5, 5.41) is 9.14. The van der Waals surface area contributed by atoms with Crippen LogP contribution < -0.4 is 0 Å². The van der Waals surface area contributed by atoms with E-state index in [0.29, 0.717) is 11.1 Å². The first kappa shape index (κ1) is 9.71. The van der Waals surface area contributed by atoms with Crippen LogP contribution in [0.25, 0.3) is 11.0 Å². The lowest BCUT2D eigenvalue weighted by Crippen LogP contribution is -2.02. The Labute approximate surface area is 87.0 Å². The van der Waals surface area contributed by atoms with Gasteiger partial charge in [0.05, 0.1) is 5.52 Å². The highest BCUT2D eigenvalue weighted by Gasteiger charge is 2.20. The molecule has 0 fully saturated rings. The van der Waals surface area contributed by atoms with Crippen LogP contribution in [0.15, 0.2) is 18.3 Å². The fourth-order valence-corrected chi connectivity index (χ4v) is 1.69. The van der Waals surface area contributed by atoms with E-state index in [4.69, 9.17) is 5.11 Å². The average Bonchev–Trinajstić information content (AvgIpc) is 2.56. The maximum atomic E-state index is 11.1. The summed E-state index contributed by atoms with van der Waals surface area (Å²) in [6, 6.07) is 3.62. The smallest absolute Gasteiger partial charge is 0.339 e. The molecule has 15 heavy (non-hydrogen) atoms. The molecule has 2 aromatic rings. The lowest BCUT2D eigenvalue weighted by molar-refractivity contribution is 0.0697. The fourth-order valence-electron chi connectivity index (χ4n) is 1.69. The molecule has 78 valence electrons. The molecule has 0 spiro atoms. The van der Waals surface area contributed by atoms with Crippen molar-refractivity contribution in [1.82, 2.24) is 9.97 Å². The Morgan fingerprint density at radius 1 is 1.53 bits per heavy atom. The number of carboxylic acid groups (broad SMARTS) is 1. The summed E-state index contributed by atoms with van der Waals surface area (Å²) in [4.78, 5) is 18.3. The predicted octanol–water partition coefficient (Wildman–Crippen LogP) is 2.38. The minimum absolute atomic E-state index is 0.144. The Balaban J connectivity index is 2.80. The van der Waals surface area contributed by atoms with Crippen LogP contribution in [0.1, 0.15) is 35.8 Å². The van der Waals surface area contributed by atoms with Crippen molar-refractivity contribution in [2.45, 2.75) is 19.8 Å². The van der Waals surface area contributed by atoms with Gasteiger partial charge in [0, 0.05) is 11.9 Å². The summed E-state index contributed by atoms with van der Waals surface area (Å²) in [5.41, 5.74) is 2.34. The lowest BCUT2D eigenvalue weighted by atomic mass is 10.1. The summed E-state index contributed by atoms with van der Waals surface area (Å²) in [6.07, 6.45) is 1.60. The van der Waals surface area contributed by atoms with Gasteiger partial charge in [0.25, 0.3) is 0 Å². The SMILES string of the molecule is CC(C)c1[nH]c2cccnc2c1C(=O)O. The number of aromatic amines is 1. The van der Waals surface area contributed by atoms with Gasteiger partial charge in [-0.3, -0.25) is 4.98 Å². The van der Waals surface area contributed by atoms with E-state index in [1.807, 2.05) is 19.9 Å². The van der Waals surface area contributed by atoms with Crippen LogP contribution >= 0.6 is 0 Å². The maximum Gasteiger partial charge on any atom is 0.339 e. The van der Waals surface area contributed by atoms with Crippen LogP contribution in [0.4, 0.5) is 0 Å². The molecule has 0 atom stereocenters. The molecule has 0 saturated carbocycles. The van der Waals surface area contributed by atoms with Crippen molar-refractivity contribution in [3.63, 3.8) is 0 Å². The number of H-pyrrole nitrogens is 1. The van der Waals surface area contributed by atoms with Gasteiger partial charge >= 0.3 is 5.97 Å². The number of fused-ring (bicyclic) bond motifs is 1. The number of aromatic nitrogens is 2. The molecule has 0 aliphatic carbocycles. The van der Waals surface area contributed by atoms with E-state index in [9.17, 15) is 4.79 Å². The van der Waals surface area contributed by atoms with E-state index >= 15 is 0 Å². The van der Waals surface area contributed by atoms with E-state index in [-0.39, 0.29) is 5.92 Å². The van der Waals surface area contributed by atoms with Gasteiger partial charge in [-0.15, -0.1) is 0 Å². The molecule has 0 unspecified atom stereocenters. The number of hydrogen-bond acceptors (Lipinski definition) is 2. The molecule has 0 aromatic carbocycles. The van der Waals surface area contributed by atoms with Gasteiger partial charge in [-0.2, -0.15) is 0 Å². The van der Waals surface area contributed by atoms with Crippen LogP contribution in [0.3, 0.4) is 0 Å². The van der Waals surface area contributed by atoms with Crippen molar-refractivity contribution < 1.29 is 9.90 Å². The molecule has 4 heteroatoms. The Morgan fingerprint density at radius 2 is 2.27 bits per heavy atom. The molecule has 0 amide bonds. The van der Waals surface area contributed by atoms with Crippen LogP contribution in [0, 0.1) is 0 Å². The second-order valence-electron chi connectivity index (χ2n) is 3.77. The number of nitrogens with one attached hydrogen (secondary N) is 1. The summed E-state index contributed by atoms with van der Waals surface area (Å²) >= 11 is 0. The number of rotatable bonds is 2. The molecule has 0 aliphatic heterocycles. The first-order chi connectivity index (χ1) is 7.11. The average molecular weight is 204 g/mol. The normalized spacial score (nSPS) is 11.1. The molecule has 4 nitrogen and oxygen atoms in total. The predicted molar refractivity (Wildman–Crippen MR) is 57.1 cm³/mol. The zero-order valence-corrected chi connectivity index (χ0v) is 8.61. The van der Waals surface area contributed by atoms with Crippen LogP contribution in [0.2, 0.25) is 0 Å². The monoisotopic (exact) mass is 204 g/mol. The summed E-state index contributed by atoms with van der Waals surface area (Å²) < 4.78 is 0. The molecule has 0 bridgehead atoms. The maximum absolute atomic E-state index is 11.1. The van der Waals surface area contributed by atoms with E-state index in [0.717, 1.165) is 11.2 Å². The van der Waals surface area contributed by atoms with Gasteiger partial charge in [-0.25, -0.2) is 4.79 Å². The third-order valence-electron chi connectivity index (χ3n) is 2.37. The van der Waals surface area contributed by atoms with Crippen LogP contribution in [0.5, 0.6) is 0 Å². The first-order valence-corrected chi connectivity index (χ1v) is 4.81. The van der Waals surface area contributed by atoms with Crippen molar-refractivity contribution in [2.75, 3.05) is 0 Å². The third-order valence-corrected chi connectivity index (χ3v) is 2.37. The largest absolute Gasteiger partial charge is 0.478 e. The second kappa shape index (κ2) is 3.38. The Hall–Kier alpha value is -1.84. The summed E-state index contributed by atoms with van der Waals surface area (Å²) in [6.45, 7) is 3.91. The minimum atomic E-state index is -0.927. The minimum Gasteiger partial charge on any atom is -0.478 e. The number of carboxylic acids is 1. The van der Waals surface area contributed by atoms with Gasteiger partial charge in [0.2, 0.25) is 0 Å². The standard InChI is InChI=1S/C11H12N2O2/c1-6(2)9-8(11(14)15)10-7(13-9)4-3-5-12-10/h3-6,13H,1-2H3,(H,14,15). The fraction of sp³-hybridized carbons (Fsp3) is 0.273. The number of nitrogens with zero attached hydrogens (tertiary/aromatic N) is 1. The molecule has 0 radical (unpaired) electrons. The van der Waals surface area contributed by atoms with Crippen molar-refractivity contribution in [2.24, 2.45) is 0 Å². The molecule has 2 N–H and O–H groups in total. The number of carbonyl (C=O) groups is 1. The molecule has 0 saturated heterocycles. The Morgan fingerprint density at radius 3 is 2.87 bits per heavy atom. The zero-order chi connectivity index (χ0) is 11.0. The Kier molecular flexibility index (Phi) is 2.19. The molecule has 0 aliphatic rings. The van der Waals surface area contributed by atoms with E-state index in [2.05, 4.69) is 9.97 Å². The molecular formula is C11H12N2O2. The third kappa shape index (κ3) is 1.48. The highest BCUT2D eigenvalue weighted by molar-refractivity contribution is 6.03. The molecule has 2 aromatic heterocycles. The Bertz CT molecular complexity index is 514. The van der Waals surface area contributed by atoms with E-state index in [1.165, 1.54) is 0 Å². The highest BCUT2D eigenvalue weighted by atomic mass is 16.4. The van der Waals surface area contributed by atoms with Gasteiger partial charge in [0.15, 0.2) is 0 Å². The van der Waals surface area contributed by atoms with Gasteiger partial charge in [0.1, 0.15) is 11.1 Å². The number of hydrogen-bond donors (Lipinski definition) is 2.